The molecule has 0 saturated carbocycles. The number of esters is 2. The second-order valence-corrected chi connectivity index (χ2v) is 9.65. The number of hydrogen-bond acceptors (Lipinski definition) is 6. The predicted octanol–water partition coefficient (Wildman–Crippen LogP) is 4.75. The SMILES string of the molecule is COC(=O)CC(C)(C)CCCCCCCCCCCC(C)(C)C(O)(O)C(=O)OC. The molecule has 0 rings (SSSR count). The van der Waals surface area contributed by atoms with Crippen molar-refractivity contribution in [2.75, 3.05) is 14.2 Å². The van der Waals surface area contributed by atoms with Gasteiger partial charge in [0.1, 0.15) is 0 Å². The highest BCUT2D eigenvalue weighted by atomic mass is 16.6. The van der Waals surface area contributed by atoms with Gasteiger partial charge in [-0.2, -0.15) is 0 Å². The molecule has 6 nitrogen and oxygen atoms in total. The van der Waals surface area contributed by atoms with Crippen LogP contribution in [-0.4, -0.2) is 42.2 Å². The lowest BCUT2D eigenvalue weighted by atomic mass is 9.78. The summed E-state index contributed by atoms with van der Waals surface area (Å²) in [6.07, 6.45) is 12.2. The van der Waals surface area contributed by atoms with Crippen LogP contribution in [0.5, 0.6) is 0 Å². The molecule has 0 atom stereocenters. The van der Waals surface area contributed by atoms with Crippen LogP contribution in [0, 0.1) is 10.8 Å². The molecule has 0 radical (unpaired) electrons. The van der Waals surface area contributed by atoms with Gasteiger partial charge in [-0.3, -0.25) is 4.79 Å². The van der Waals surface area contributed by atoms with Gasteiger partial charge in [0.05, 0.1) is 20.6 Å². The Morgan fingerprint density at radius 2 is 1.10 bits per heavy atom. The highest BCUT2D eigenvalue weighted by Crippen LogP contribution is 2.35. The van der Waals surface area contributed by atoms with Crippen LogP contribution in [0.3, 0.4) is 0 Å². The lowest BCUT2D eigenvalue weighted by Crippen LogP contribution is -2.52. The monoisotopic (exact) mass is 416 g/mol. The molecule has 172 valence electrons. The van der Waals surface area contributed by atoms with Crippen molar-refractivity contribution in [2.45, 2.75) is 111 Å². The maximum absolute atomic E-state index is 11.5. The summed E-state index contributed by atoms with van der Waals surface area (Å²) in [5.74, 6) is -3.59. The first kappa shape index (κ1) is 27.9. The van der Waals surface area contributed by atoms with Gasteiger partial charge in [0.2, 0.25) is 0 Å². The number of ether oxygens (including phenoxy) is 2. The third kappa shape index (κ3) is 11.0. The fourth-order valence-electron chi connectivity index (χ4n) is 3.55. The quantitative estimate of drug-likeness (QED) is 0.214. The zero-order valence-corrected chi connectivity index (χ0v) is 19.5. The molecule has 0 aromatic rings. The largest absolute Gasteiger partial charge is 0.469 e. The van der Waals surface area contributed by atoms with E-state index in [1.54, 1.807) is 13.8 Å². The summed E-state index contributed by atoms with van der Waals surface area (Å²) in [4.78, 5) is 22.9. The van der Waals surface area contributed by atoms with Crippen LogP contribution in [0.1, 0.15) is 105 Å². The third-order valence-electron chi connectivity index (χ3n) is 5.92. The molecule has 0 aliphatic heterocycles. The van der Waals surface area contributed by atoms with Crippen molar-refractivity contribution >= 4 is 11.9 Å². The minimum Gasteiger partial charge on any atom is -0.469 e. The number of unbranched alkanes of at least 4 members (excludes halogenated alkanes) is 8. The molecule has 0 bridgehead atoms. The molecular weight excluding hydrogens is 372 g/mol. The molecule has 2 N–H and O–H groups in total. The smallest absolute Gasteiger partial charge is 0.366 e. The number of rotatable bonds is 16. The Morgan fingerprint density at radius 1 is 0.690 bits per heavy atom. The van der Waals surface area contributed by atoms with Crippen LogP contribution in [-0.2, 0) is 19.1 Å². The van der Waals surface area contributed by atoms with E-state index in [1.807, 2.05) is 0 Å². The summed E-state index contributed by atoms with van der Waals surface area (Å²) < 4.78 is 9.23. The summed E-state index contributed by atoms with van der Waals surface area (Å²) in [5.41, 5.74) is -0.933. The molecule has 0 aliphatic rings. The van der Waals surface area contributed by atoms with Gasteiger partial charge in [0.25, 0.3) is 5.79 Å². The van der Waals surface area contributed by atoms with Gasteiger partial charge in [-0.1, -0.05) is 85.5 Å². The molecule has 0 amide bonds. The zero-order chi connectivity index (χ0) is 22.6. The molecule has 6 heteroatoms. The molecule has 0 spiro atoms. The Kier molecular flexibility index (Phi) is 12.7. The van der Waals surface area contributed by atoms with E-state index in [2.05, 4.69) is 18.6 Å². The summed E-state index contributed by atoms with van der Waals surface area (Å²) in [6.45, 7) is 7.59. The summed E-state index contributed by atoms with van der Waals surface area (Å²) >= 11 is 0. The first-order chi connectivity index (χ1) is 13.4. The Morgan fingerprint density at radius 3 is 1.52 bits per heavy atom. The molecule has 0 aromatic heterocycles. The first-order valence-electron chi connectivity index (χ1n) is 11.0. The van der Waals surface area contributed by atoms with E-state index in [9.17, 15) is 19.8 Å². The second-order valence-electron chi connectivity index (χ2n) is 9.65. The second kappa shape index (κ2) is 13.2. The Labute approximate surface area is 177 Å². The minimum atomic E-state index is -2.45. The highest BCUT2D eigenvalue weighted by Gasteiger charge is 2.49. The predicted molar refractivity (Wildman–Crippen MR) is 114 cm³/mol. The van der Waals surface area contributed by atoms with Crippen molar-refractivity contribution in [3.05, 3.63) is 0 Å². The Hall–Kier alpha value is -1.14. The Balaban J connectivity index is 3.75. The van der Waals surface area contributed by atoms with Crippen molar-refractivity contribution in [2.24, 2.45) is 10.8 Å². The van der Waals surface area contributed by atoms with E-state index >= 15 is 0 Å². The minimum absolute atomic E-state index is 0.00939. The number of aliphatic hydroxyl groups is 2. The fraction of sp³-hybridized carbons (Fsp3) is 0.913. The van der Waals surface area contributed by atoms with Crippen molar-refractivity contribution < 1.29 is 29.3 Å². The van der Waals surface area contributed by atoms with E-state index in [0.29, 0.717) is 12.8 Å². The first-order valence-corrected chi connectivity index (χ1v) is 11.0. The fourth-order valence-corrected chi connectivity index (χ4v) is 3.55. The average Bonchev–Trinajstić information content (AvgIpc) is 2.64. The van der Waals surface area contributed by atoms with Crippen LogP contribution in [0.15, 0.2) is 0 Å². The van der Waals surface area contributed by atoms with Gasteiger partial charge in [0.15, 0.2) is 0 Å². The summed E-state index contributed by atoms with van der Waals surface area (Å²) in [6, 6.07) is 0. The number of hydrogen-bond donors (Lipinski definition) is 2. The maximum Gasteiger partial charge on any atom is 0.366 e. The molecular formula is C23H44O6. The normalized spacial score (nSPS) is 12.7. The van der Waals surface area contributed by atoms with Crippen LogP contribution < -0.4 is 0 Å². The number of carbonyl (C=O) groups excluding carboxylic acids is 2. The molecule has 0 fully saturated rings. The van der Waals surface area contributed by atoms with Crippen LogP contribution in [0.4, 0.5) is 0 Å². The van der Waals surface area contributed by atoms with Crippen molar-refractivity contribution in [1.82, 2.24) is 0 Å². The lowest BCUT2D eigenvalue weighted by Gasteiger charge is -2.35. The van der Waals surface area contributed by atoms with Gasteiger partial charge in [-0.15, -0.1) is 0 Å². The van der Waals surface area contributed by atoms with E-state index < -0.39 is 17.2 Å². The van der Waals surface area contributed by atoms with Gasteiger partial charge in [0, 0.05) is 5.41 Å². The van der Waals surface area contributed by atoms with Crippen LogP contribution >= 0.6 is 0 Å². The third-order valence-corrected chi connectivity index (χ3v) is 5.92. The van der Waals surface area contributed by atoms with Crippen molar-refractivity contribution in [3.8, 4) is 0 Å². The number of carbonyl (C=O) groups is 2. The van der Waals surface area contributed by atoms with Gasteiger partial charge in [-0.05, 0) is 18.3 Å². The highest BCUT2D eigenvalue weighted by molar-refractivity contribution is 5.78. The van der Waals surface area contributed by atoms with Crippen LogP contribution in [0.2, 0.25) is 0 Å². The van der Waals surface area contributed by atoms with Crippen molar-refractivity contribution in [1.29, 1.82) is 0 Å². The average molecular weight is 417 g/mol. The molecule has 0 saturated heterocycles. The molecule has 0 aliphatic carbocycles. The van der Waals surface area contributed by atoms with Gasteiger partial charge < -0.3 is 19.7 Å². The number of methoxy groups -OCH3 is 2. The van der Waals surface area contributed by atoms with Gasteiger partial charge in [-0.25, -0.2) is 4.79 Å². The molecule has 0 unspecified atom stereocenters. The summed E-state index contributed by atoms with van der Waals surface area (Å²) in [5, 5.41) is 20.0. The molecule has 0 aromatic carbocycles. The lowest BCUT2D eigenvalue weighted by molar-refractivity contribution is -0.246. The zero-order valence-electron chi connectivity index (χ0n) is 19.5. The molecule has 0 heterocycles. The maximum atomic E-state index is 11.5. The van der Waals surface area contributed by atoms with Gasteiger partial charge >= 0.3 is 11.9 Å². The van der Waals surface area contributed by atoms with Crippen molar-refractivity contribution in [3.63, 3.8) is 0 Å². The van der Waals surface area contributed by atoms with E-state index in [0.717, 1.165) is 39.2 Å². The van der Waals surface area contributed by atoms with E-state index in [-0.39, 0.29) is 11.4 Å². The molecule has 29 heavy (non-hydrogen) atoms. The Bertz CT molecular complexity index is 482. The summed E-state index contributed by atoms with van der Waals surface area (Å²) in [7, 11) is 2.59. The van der Waals surface area contributed by atoms with E-state index in [1.165, 1.54) is 39.2 Å². The van der Waals surface area contributed by atoms with E-state index in [4.69, 9.17) is 4.74 Å². The standard InChI is InChI=1S/C23H44O6/c1-21(2,18-19(24)28-5)16-14-12-10-8-7-9-11-13-15-17-22(3,4)23(26,27)20(25)29-6/h26-27H,7-18H2,1-6H3. The topological polar surface area (TPSA) is 93.1 Å². The van der Waals surface area contributed by atoms with Crippen LogP contribution in [0.25, 0.3) is 0 Å².